The lowest BCUT2D eigenvalue weighted by molar-refractivity contribution is -0.116. The van der Waals surface area contributed by atoms with Crippen molar-refractivity contribution in [1.29, 1.82) is 0 Å². The standard InChI is InChI=1S/C15H18FN3O4S/c1-3-11(2)19(10-15(20)17-14-8-9-23-18-14)24(21,22)13-6-4-12(16)5-7-13/h4-9,11H,3,10H2,1-2H3,(H,17,18,20). The van der Waals surface area contributed by atoms with Crippen molar-refractivity contribution >= 4 is 21.7 Å². The van der Waals surface area contributed by atoms with Crippen LogP contribution in [0.5, 0.6) is 0 Å². The molecular formula is C15H18FN3O4S. The summed E-state index contributed by atoms with van der Waals surface area (Å²) in [6, 6.07) is 5.52. The normalized spacial score (nSPS) is 13.0. The van der Waals surface area contributed by atoms with E-state index in [9.17, 15) is 17.6 Å². The first-order valence-electron chi connectivity index (χ1n) is 7.32. The van der Waals surface area contributed by atoms with E-state index < -0.39 is 27.8 Å². The van der Waals surface area contributed by atoms with Crippen LogP contribution in [0, 0.1) is 5.82 Å². The molecule has 0 radical (unpaired) electrons. The Labute approximate surface area is 139 Å². The van der Waals surface area contributed by atoms with Gasteiger partial charge in [-0.2, -0.15) is 4.31 Å². The molecule has 1 amide bonds. The molecule has 130 valence electrons. The number of halogens is 1. The first-order valence-corrected chi connectivity index (χ1v) is 8.76. The molecule has 1 unspecified atom stereocenters. The number of nitrogens with zero attached hydrogens (tertiary/aromatic N) is 2. The van der Waals surface area contributed by atoms with Gasteiger partial charge in [-0.25, -0.2) is 12.8 Å². The molecule has 0 spiro atoms. The van der Waals surface area contributed by atoms with Crippen molar-refractivity contribution in [1.82, 2.24) is 9.46 Å². The van der Waals surface area contributed by atoms with Crippen molar-refractivity contribution in [3.8, 4) is 0 Å². The second-order valence-corrected chi connectivity index (χ2v) is 7.08. The Balaban J connectivity index is 2.24. The third-order valence-electron chi connectivity index (χ3n) is 3.51. The number of hydrogen-bond acceptors (Lipinski definition) is 5. The lowest BCUT2D eigenvalue weighted by Gasteiger charge is -2.27. The third-order valence-corrected chi connectivity index (χ3v) is 5.48. The summed E-state index contributed by atoms with van der Waals surface area (Å²) in [7, 11) is -3.94. The molecule has 0 bridgehead atoms. The maximum atomic E-state index is 13.0. The number of carbonyl (C=O) groups is 1. The SMILES string of the molecule is CCC(C)N(CC(=O)Nc1ccon1)S(=O)(=O)c1ccc(F)cc1. The first kappa shape index (κ1) is 18.1. The molecule has 9 heteroatoms. The number of nitrogens with one attached hydrogen (secondary N) is 1. The van der Waals surface area contributed by atoms with Crippen molar-refractivity contribution in [3.05, 3.63) is 42.4 Å². The van der Waals surface area contributed by atoms with Crippen molar-refractivity contribution in [2.75, 3.05) is 11.9 Å². The molecule has 0 saturated carbocycles. The van der Waals surface area contributed by atoms with E-state index in [1.807, 2.05) is 6.92 Å². The van der Waals surface area contributed by atoms with Gasteiger partial charge < -0.3 is 9.84 Å². The van der Waals surface area contributed by atoms with Gasteiger partial charge in [0, 0.05) is 12.1 Å². The molecular weight excluding hydrogens is 337 g/mol. The smallest absolute Gasteiger partial charge is 0.243 e. The molecule has 0 saturated heterocycles. The third kappa shape index (κ3) is 4.18. The zero-order valence-electron chi connectivity index (χ0n) is 13.3. The van der Waals surface area contributed by atoms with Crippen LogP contribution >= 0.6 is 0 Å². The highest BCUT2D eigenvalue weighted by Crippen LogP contribution is 2.20. The van der Waals surface area contributed by atoms with Gasteiger partial charge in [-0.1, -0.05) is 12.1 Å². The van der Waals surface area contributed by atoms with Gasteiger partial charge >= 0.3 is 0 Å². The van der Waals surface area contributed by atoms with Crippen LogP contribution < -0.4 is 5.32 Å². The van der Waals surface area contributed by atoms with Crippen LogP contribution in [0.4, 0.5) is 10.2 Å². The van der Waals surface area contributed by atoms with Crippen molar-refractivity contribution in [2.24, 2.45) is 0 Å². The Morgan fingerprint density at radius 2 is 2.00 bits per heavy atom. The minimum absolute atomic E-state index is 0.0709. The van der Waals surface area contributed by atoms with Gasteiger partial charge in [0.1, 0.15) is 12.1 Å². The van der Waals surface area contributed by atoms with E-state index in [4.69, 9.17) is 0 Å². The largest absolute Gasteiger partial charge is 0.363 e. The maximum Gasteiger partial charge on any atom is 0.243 e. The predicted octanol–water partition coefficient (Wildman–Crippen LogP) is 2.24. The Hall–Kier alpha value is -2.26. The molecule has 0 aliphatic carbocycles. The molecule has 7 nitrogen and oxygen atoms in total. The molecule has 0 fully saturated rings. The van der Waals surface area contributed by atoms with Crippen LogP contribution in [0.2, 0.25) is 0 Å². The fraction of sp³-hybridized carbons (Fsp3) is 0.333. The lowest BCUT2D eigenvalue weighted by Crippen LogP contribution is -2.43. The number of carbonyl (C=O) groups excluding carboxylic acids is 1. The number of benzene rings is 1. The molecule has 24 heavy (non-hydrogen) atoms. The summed E-state index contributed by atoms with van der Waals surface area (Å²) in [4.78, 5) is 12.0. The average molecular weight is 355 g/mol. The van der Waals surface area contributed by atoms with Gasteiger partial charge in [0.2, 0.25) is 15.9 Å². The molecule has 1 atom stereocenters. The zero-order chi connectivity index (χ0) is 17.7. The summed E-state index contributed by atoms with van der Waals surface area (Å²) in [5.74, 6) is -0.883. The molecule has 2 rings (SSSR count). The Kier molecular flexibility index (Phi) is 5.68. The topological polar surface area (TPSA) is 92.5 Å². The maximum absolute atomic E-state index is 13.0. The quantitative estimate of drug-likeness (QED) is 0.822. The Bertz CT molecular complexity index is 776. The monoisotopic (exact) mass is 355 g/mol. The Morgan fingerprint density at radius 1 is 1.33 bits per heavy atom. The van der Waals surface area contributed by atoms with E-state index in [1.165, 1.54) is 24.5 Å². The second-order valence-electron chi connectivity index (χ2n) is 5.19. The van der Waals surface area contributed by atoms with Crippen molar-refractivity contribution in [3.63, 3.8) is 0 Å². The average Bonchev–Trinajstić information content (AvgIpc) is 3.05. The van der Waals surface area contributed by atoms with Gasteiger partial charge in [-0.3, -0.25) is 4.79 Å². The minimum Gasteiger partial charge on any atom is -0.363 e. The summed E-state index contributed by atoms with van der Waals surface area (Å²) in [6.45, 7) is 3.12. The van der Waals surface area contributed by atoms with E-state index >= 15 is 0 Å². The molecule has 1 aromatic heterocycles. The number of rotatable bonds is 7. The van der Waals surface area contributed by atoms with Crippen LogP contribution in [0.1, 0.15) is 20.3 Å². The van der Waals surface area contributed by atoms with Gasteiger partial charge in [0.05, 0.1) is 11.4 Å². The van der Waals surface area contributed by atoms with Gasteiger partial charge in [-0.15, -0.1) is 0 Å². The molecule has 1 aromatic carbocycles. The fourth-order valence-electron chi connectivity index (χ4n) is 2.02. The minimum atomic E-state index is -3.94. The molecule has 0 aliphatic heterocycles. The highest BCUT2D eigenvalue weighted by molar-refractivity contribution is 7.89. The summed E-state index contributed by atoms with van der Waals surface area (Å²) in [5, 5.41) is 6.00. The summed E-state index contributed by atoms with van der Waals surface area (Å²) in [6.07, 6.45) is 1.80. The van der Waals surface area contributed by atoms with Crippen LogP contribution in [-0.2, 0) is 14.8 Å². The van der Waals surface area contributed by atoms with Crippen LogP contribution in [0.25, 0.3) is 0 Å². The molecule has 1 N–H and O–H groups in total. The first-order chi connectivity index (χ1) is 11.3. The van der Waals surface area contributed by atoms with Crippen LogP contribution in [-0.4, -0.2) is 36.4 Å². The fourth-order valence-corrected chi connectivity index (χ4v) is 3.69. The molecule has 2 aromatic rings. The predicted molar refractivity (Wildman–Crippen MR) is 85.2 cm³/mol. The van der Waals surface area contributed by atoms with E-state index in [0.29, 0.717) is 6.42 Å². The number of aromatic nitrogens is 1. The zero-order valence-corrected chi connectivity index (χ0v) is 14.1. The van der Waals surface area contributed by atoms with E-state index in [2.05, 4.69) is 15.0 Å². The summed E-state index contributed by atoms with van der Waals surface area (Å²) < 4.78 is 44.3. The van der Waals surface area contributed by atoms with Gasteiger partial charge in [0.25, 0.3) is 0 Å². The summed E-state index contributed by atoms with van der Waals surface area (Å²) in [5.41, 5.74) is 0. The second kappa shape index (κ2) is 7.54. The van der Waals surface area contributed by atoms with E-state index in [0.717, 1.165) is 16.4 Å². The van der Waals surface area contributed by atoms with Crippen molar-refractivity contribution < 1.29 is 22.1 Å². The number of hydrogen-bond donors (Lipinski definition) is 1. The van der Waals surface area contributed by atoms with E-state index in [1.54, 1.807) is 6.92 Å². The number of sulfonamides is 1. The van der Waals surface area contributed by atoms with Crippen LogP contribution in [0.3, 0.4) is 0 Å². The number of anilines is 1. The molecule has 1 heterocycles. The van der Waals surface area contributed by atoms with Crippen molar-refractivity contribution in [2.45, 2.75) is 31.2 Å². The highest BCUT2D eigenvalue weighted by Gasteiger charge is 2.30. The number of amides is 1. The molecule has 0 aliphatic rings. The van der Waals surface area contributed by atoms with Gasteiger partial charge in [0.15, 0.2) is 5.82 Å². The highest BCUT2D eigenvalue weighted by atomic mass is 32.2. The van der Waals surface area contributed by atoms with Gasteiger partial charge in [-0.05, 0) is 37.6 Å². The Morgan fingerprint density at radius 3 is 2.54 bits per heavy atom. The van der Waals surface area contributed by atoms with E-state index in [-0.39, 0.29) is 17.3 Å². The van der Waals surface area contributed by atoms with Crippen LogP contribution in [0.15, 0.2) is 46.0 Å². The lowest BCUT2D eigenvalue weighted by atomic mass is 10.2. The summed E-state index contributed by atoms with van der Waals surface area (Å²) >= 11 is 0.